The third-order valence-electron chi connectivity index (χ3n) is 4.92. The lowest BCUT2D eigenvalue weighted by Gasteiger charge is -2.15. The number of aliphatic hydroxyl groups is 2. The van der Waals surface area contributed by atoms with Gasteiger partial charge in [0.25, 0.3) is 0 Å². The van der Waals surface area contributed by atoms with E-state index >= 15 is 0 Å². The number of aromatic nitrogens is 4. The van der Waals surface area contributed by atoms with Crippen LogP contribution < -0.4 is 10.9 Å². The van der Waals surface area contributed by atoms with E-state index in [-0.39, 0.29) is 5.82 Å². The van der Waals surface area contributed by atoms with Crippen LogP contribution in [0.25, 0.3) is 11.0 Å². The van der Waals surface area contributed by atoms with Crippen LogP contribution in [0.1, 0.15) is 17.4 Å². The van der Waals surface area contributed by atoms with Crippen molar-refractivity contribution in [1.29, 1.82) is 0 Å². The lowest BCUT2D eigenvalue weighted by atomic mass is 10.1. The number of anilines is 1. The molecule has 0 bridgehead atoms. The van der Waals surface area contributed by atoms with Gasteiger partial charge in [-0.1, -0.05) is 41.6 Å². The van der Waals surface area contributed by atoms with Crippen LogP contribution >= 0.6 is 11.8 Å². The van der Waals surface area contributed by atoms with Crippen molar-refractivity contribution < 1.29 is 27.6 Å². The molecule has 0 radical (unpaired) electrons. The largest absolute Gasteiger partial charge is 0.387 e. The summed E-state index contributed by atoms with van der Waals surface area (Å²) in [5.74, 6) is 0.805. The Bertz CT molecular complexity index is 1240. The second-order valence-electron chi connectivity index (χ2n) is 7.31. The Hall–Kier alpha value is -2.33. The second kappa shape index (κ2) is 8.90. The van der Waals surface area contributed by atoms with Crippen LogP contribution in [-0.4, -0.2) is 63.3 Å². The number of aliphatic hydroxyl groups excluding tert-OH is 2. The van der Waals surface area contributed by atoms with Crippen molar-refractivity contribution in [3.05, 3.63) is 41.7 Å². The van der Waals surface area contributed by atoms with Crippen molar-refractivity contribution in [3.8, 4) is 0 Å². The summed E-state index contributed by atoms with van der Waals surface area (Å²) in [5.41, 5.74) is 8.59. The van der Waals surface area contributed by atoms with Crippen molar-refractivity contribution in [3.63, 3.8) is 0 Å². The molecule has 14 heteroatoms. The normalized spacial score (nSPS) is 23.8. The molecular weight excluding hydrogens is 460 g/mol. The third kappa shape index (κ3) is 4.71. The molecule has 2 aromatic heterocycles. The van der Waals surface area contributed by atoms with Gasteiger partial charge in [0.2, 0.25) is 0 Å². The van der Waals surface area contributed by atoms with Crippen LogP contribution in [0.2, 0.25) is 0 Å². The first-order chi connectivity index (χ1) is 15.1. The summed E-state index contributed by atoms with van der Waals surface area (Å²) in [6, 6.07) is 8.02. The van der Waals surface area contributed by atoms with Crippen LogP contribution in [0, 0.1) is 6.92 Å². The minimum Gasteiger partial charge on any atom is -0.387 e. The molecule has 1 aliphatic rings. The number of thioether (sulfide) groups is 1. The van der Waals surface area contributed by atoms with Crippen molar-refractivity contribution in [2.45, 2.75) is 42.2 Å². The number of hydrogen-bond acceptors (Lipinski definition) is 11. The van der Waals surface area contributed by atoms with Crippen LogP contribution in [0.3, 0.4) is 0 Å². The standard InChI is InChI=1S/C18H22N6O6S2/c1-9-3-2-4-10(5-9)7-31-17-12-15(19)21-8-22-16(12)24(23-17)18-14(26)13(25)11(30-18)6-29-32(20,27)28/h2-5,8,11,13-14,18,25-26H,6-7H2,1H3,(H2,19,21,22)(H2,20,27,28)/t11-,13-,14-,18-/m1/s1. The van der Waals surface area contributed by atoms with Crippen molar-refractivity contribution in [1.82, 2.24) is 19.7 Å². The molecule has 0 unspecified atom stereocenters. The van der Waals surface area contributed by atoms with Gasteiger partial charge in [-0.25, -0.2) is 19.8 Å². The molecule has 0 saturated carbocycles. The molecule has 4 atom stereocenters. The van der Waals surface area contributed by atoms with E-state index in [0.717, 1.165) is 11.1 Å². The van der Waals surface area contributed by atoms with Crippen LogP contribution in [0.4, 0.5) is 5.82 Å². The zero-order chi connectivity index (χ0) is 23.0. The molecule has 172 valence electrons. The first-order valence-corrected chi connectivity index (χ1v) is 12.0. The third-order valence-corrected chi connectivity index (χ3v) is 6.42. The predicted molar refractivity (Wildman–Crippen MR) is 115 cm³/mol. The van der Waals surface area contributed by atoms with Gasteiger partial charge >= 0.3 is 10.3 Å². The van der Waals surface area contributed by atoms with E-state index in [4.69, 9.17) is 15.6 Å². The molecular formula is C18H22N6O6S2. The fourth-order valence-electron chi connectivity index (χ4n) is 3.43. The maximum Gasteiger partial charge on any atom is 0.333 e. The average Bonchev–Trinajstić information content (AvgIpc) is 3.23. The molecule has 4 rings (SSSR count). The van der Waals surface area contributed by atoms with E-state index in [1.807, 2.05) is 25.1 Å². The topological polar surface area (TPSA) is 189 Å². The predicted octanol–water partition coefficient (Wildman–Crippen LogP) is -0.151. The minimum absolute atomic E-state index is 0.204. The van der Waals surface area contributed by atoms with Gasteiger partial charge in [-0.2, -0.15) is 13.5 Å². The zero-order valence-electron chi connectivity index (χ0n) is 16.9. The highest BCUT2D eigenvalue weighted by molar-refractivity contribution is 7.98. The fourth-order valence-corrected chi connectivity index (χ4v) is 4.72. The summed E-state index contributed by atoms with van der Waals surface area (Å²) in [4.78, 5) is 8.25. The average molecular weight is 483 g/mol. The van der Waals surface area contributed by atoms with E-state index in [9.17, 15) is 18.6 Å². The lowest BCUT2D eigenvalue weighted by Crippen LogP contribution is -2.35. The van der Waals surface area contributed by atoms with E-state index in [2.05, 4.69) is 25.3 Å². The molecule has 1 aliphatic heterocycles. The van der Waals surface area contributed by atoms with Gasteiger partial charge in [0.1, 0.15) is 35.5 Å². The van der Waals surface area contributed by atoms with Gasteiger partial charge in [0.05, 0.1) is 12.0 Å². The smallest absolute Gasteiger partial charge is 0.333 e. The fraction of sp³-hybridized carbons (Fsp3) is 0.389. The highest BCUT2D eigenvalue weighted by Crippen LogP contribution is 2.37. The van der Waals surface area contributed by atoms with Gasteiger partial charge in [-0.05, 0) is 12.5 Å². The van der Waals surface area contributed by atoms with Crippen molar-refractivity contribution in [2.24, 2.45) is 5.14 Å². The molecule has 0 spiro atoms. The molecule has 1 saturated heterocycles. The SMILES string of the molecule is Cc1cccc(CSc2nn([C@@H]3O[C@H](COS(N)(=O)=O)[C@@H](O)[C@H]3O)c3ncnc(N)c23)c1. The summed E-state index contributed by atoms with van der Waals surface area (Å²) in [7, 11) is -4.24. The molecule has 1 fully saturated rings. The molecule has 0 amide bonds. The quantitative estimate of drug-likeness (QED) is 0.328. The number of nitrogens with zero attached hydrogens (tertiary/aromatic N) is 4. The number of nitrogen functional groups attached to an aromatic ring is 1. The highest BCUT2D eigenvalue weighted by atomic mass is 32.2. The van der Waals surface area contributed by atoms with Gasteiger partial charge in [0, 0.05) is 5.75 Å². The summed E-state index contributed by atoms with van der Waals surface area (Å²) in [6.45, 7) is 1.43. The Labute approximate surface area is 187 Å². The first kappa shape index (κ1) is 22.8. The summed E-state index contributed by atoms with van der Waals surface area (Å²) >= 11 is 1.41. The maximum absolute atomic E-state index is 11.1. The number of benzene rings is 1. The zero-order valence-corrected chi connectivity index (χ0v) is 18.5. The molecule has 1 aromatic carbocycles. The summed E-state index contributed by atoms with van der Waals surface area (Å²) in [6.07, 6.45) is -3.94. The van der Waals surface area contributed by atoms with Gasteiger partial charge in [0.15, 0.2) is 11.9 Å². The number of fused-ring (bicyclic) bond motifs is 1. The molecule has 3 heterocycles. The van der Waals surface area contributed by atoms with Gasteiger partial charge < -0.3 is 20.7 Å². The minimum atomic E-state index is -4.24. The Morgan fingerprint density at radius 3 is 2.78 bits per heavy atom. The number of aryl methyl sites for hydroxylation is 1. The summed E-state index contributed by atoms with van der Waals surface area (Å²) in [5, 5.41) is 31.2. The lowest BCUT2D eigenvalue weighted by molar-refractivity contribution is -0.0531. The maximum atomic E-state index is 11.1. The Balaban J connectivity index is 1.63. The molecule has 12 nitrogen and oxygen atoms in total. The van der Waals surface area contributed by atoms with Crippen molar-refractivity contribution >= 4 is 38.9 Å². The summed E-state index contributed by atoms with van der Waals surface area (Å²) < 4.78 is 33.6. The first-order valence-electron chi connectivity index (χ1n) is 9.50. The van der Waals surface area contributed by atoms with E-state index in [0.29, 0.717) is 21.8 Å². The molecule has 32 heavy (non-hydrogen) atoms. The Kier molecular flexibility index (Phi) is 6.35. The van der Waals surface area contributed by atoms with E-state index in [1.54, 1.807) is 0 Å². The highest BCUT2D eigenvalue weighted by Gasteiger charge is 2.45. The number of hydrogen-bond donors (Lipinski definition) is 4. The Morgan fingerprint density at radius 2 is 2.06 bits per heavy atom. The van der Waals surface area contributed by atoms with E-state index < -0.39 is 41.5 Å². The molecule has 3 aromatic rings. The Morgan fingerprint density at radius 1 is 1.28 bits per heavy atom. The molecule has 0 aliphatic carbocycles. The van der Waals surface area contributed by atoms with Crippen LogP contribution in [-0.2, 0) is 25.0 Å². The van der Waals surface area contributed by atoms with Gasteiger partial charge in [-0.3, -0.25) is 4.18 Å². The van der Waals surface area contributed by atoms with Crippen LogP contribution in [0.5, 0.6) is 0 Å². The van der Waals surface area contributed by atoms with Gasteiger partial charge in [-0.15, -0.1) is 0 Å². The van der Waals surface area contributed by atoms with Crippen molar-refractivity contribution in [2.75, 3.05) is 12.3 Å². The monoisotopic (exact) mass is 482 g/mol. The second-order valence-corrected chi connectivity index (χ2v) is 9.49. The number of ether oxygens (including phenoxy) is 1. The number of nitrogens with two attached hydrogens (primary N) is 2. The van der Waals surface area contributed by atoms with Crippen LogP contribution in [0.15, 0.2) is 35.6 Å². The van der Waals surface area contributed by atoms with E-state index in [1.165, 1.54) is 22.8 Å². The number of rotatable bonds is 7. The molecule has 6 N–H and O–H groups in total.